The van der Waals surface area contributed by atoms with E-state index in [1.165, 1.54) is 110 Å². The van der Waals surface area contributed by atoms with E-state index in [4.69, 9.17) is 0 Å². The molecule has 3 aliphatic carbocycles. The van der Waals surface area contributed by atoms with Gasteiger partial charge in [-0.1, -0.05) is 206 Å². The highest BCUT2D eigenvalue weighted by Gasteiger charge is 2.51. The summed E-state index contributed by atoms with van der Waals surface area (Å²) in [5.74, 6) is 0. The fourth-order valence-corrected chi connectivity index (χ4v) is 13.8. The summed E-state index contributed by atoms with van der Waals surface area (Å²) >= 11 is 1.79. The van der Waals surface area contributed by atoms with Crippen LogP contribution in [0.15, 0.2) is 272 Å². The second-order valence-corrected chi connectivity index (χ2v) is 20.5. The summed E-state index contributed by atoms with van der Waals surface area (Å²) in [6, 6.07) is 100. The van der Waals surface area contributed by atoms with E-state index in [1.54, 1.807) is 11.3 Å². The van der Waals surface area contributed by atoms with Gasteiger partial charge in [0.25, 0.3) is 0 Å². The van der Waals surface area contributed by atoms with Crippen LogP contribution in [-0.4, -0.2) is 0 Å². The van der Waals surface area contributed by atoms with Gasteiger partial charge >= 0.3 is 0 Å². The molecule has 12 aromatic rings. The smallest absolute Gasteiger partial charge is 0.0725 e. The Hall–Kier alpha value is -8.82. The molecule has 1 spiro atoms. The first-order chi connectivity index (χ1) is 35.7. The molecule has 0 unspecified atom stereocenters. The van der Waals surface area contributed by atoms with Crippen LogP contribution in [0.5, 0.6) is 0 Å². The molecular formula is C70H45NS. The van der Waals surface area contributed by atoms with Gasteiger partial charge in [0, 0.05) is 21.8 Å². The van der Waals surface area contributed by atoms with Crippen LogP contribution in [0.2, 0.25) is 0 Å². The van der Waals surface area contributed by atoms with E-state index in [0.29, 0.717) is 0 Å². The fourth-order valence-electron chi connectivity index (χ4n) is 13.1. The summed E-state index contributed by atoms with van der Waals surface area (Å²) in [5, 5.41) is 3.46. The van der Waals surface area contributed by atoms with E-state index >= 15 is 0 Å². The van der Waals surface area contributed by atoms with Gasteiger partial charge in [-0.2, -0.15) is 0 Å². The van der Waals surface area contributed by atoms with Crippen molar-refractivity contribution in [3.63, 3.8) is 0 Å². The maximum Gasteiger partial charge on any atom is 0.0725 e. The first-order valence-electron chi connectivity index (χ1n) is 25.0. The highest BCUT2D eigenvalue weighted by molar-refractivity contribution is 7.17. The average molecular weight is 932 g/mol. The Morgan fingerprint density at radius 3 is 1.21 bits per heavy atom. The number of thiophene rings is 1. The van der Waals surface area contributed by atoms with Crippen LogP contribution in [0.25, 0.3) is 65.7 Å². The second kappa shape index (κ2) is 15.8. The molecule has 1 heterocycles. The molecule has 0 aliphatic heterocycles. The maximum absolute atomic E-state index is 2.44. The monoisotopic (exact) mass is 931 g/mol. The SMILES string of the molecule is c1ccc(C2(c3ccccc3)c3ccccc3-c3cc(N(c4ccc(-c5ccc6c(c5)-c5ccccc5C65c6ccccc6-c6ccccc65)cc4)c4ccc(-c5ccc6sccc6c5)cc4)ccc32)cc1. The molecular weight excluding hydrogens is 887 g/mol. The standard InChI is InChI=1S/C70H45NS/c1-3-15-51(16-4-1)69(52-17-5-2-6-18-52)62-23-11-9-22-59(62)61-45-55(37-39-66(61)69)71(53-33-27-46(28-34-53)48-32-40-68-50(43-48)41-42-72-68)54-35-29-47(30-36-54)49-31-38-67-60(44-49)58-21-10-14-26-65(58)70(67)63-24-12-7-19-56(63)57-20-8-13-25-64(57)70/h1-45H. The van der Waals surface area contributed by atoms with E-state index < -0.39 is 5.41 Å². The zero-order chi connectivity index (χ0) is 47.4. The third-order valence-corrected chi connectivity index (χ3v) is 17.0. The van der Waals surface area contributed by atoms with Crippen LogP contribution in [0, 0.1) is 0 Å². The summed E-state index contributed by atoms with van der Waals surface area (Å²) in [5.41, 5.74) is 25.7. The van der Waals surface area contributed by atoms with Crippen LogP contribution in [-0.2, 0) is 10.8 Å². The van der Waals surface area contributed by atoms with Crippen LogP contribution >= 0.6 is 11.3 Å². The van der Waals surface area contributed by atoms with Crippen molar-refractivity contribution in [2.24, 2.45) is 0 Å². The van der Waals surface area contributed by atoms with Crippen LogP contribution < -0.4 is 4.90 Å². The first-order valence-corrected chi connectivity index (χ1v) is 25.8. The zero-order valence-electron chi connectivity index (χ0n) is 39.3. The van der Waals surface area contributed by atoms with Crippen molar-refractivity contribution in [1.29, 1.82) is 0 Å². The molecule has 2 heteroatoms. The lowest BCUT2D eigenvalue weighted by molar-refractivity contribution is 0.768. The molecule has 3 aliphatic rings. The largest absolute Gasteiger partial charge is 0.310 e. The van der Waals surface area contributed by atoms with Gasteiger partial charge in [0.2, 0.25) is 0 Å². The minimum Gasteiger partial charge on any atom is -0.310 e. The lowest BCUT2D eigenvalue weighted by Crippen LogP contribution is -2.28. The zero-order valence-corrected chi connectivity index (χ0v) is 40.2. The topological polar surface area (TPSA) is 3.24 Å². The summed E-state index contributed by atoms with van der Waals surface area (Å²) in [6.07, 6.45) is 0. The molecule has 0 atom stereocenters. The quantitative estimate of drug-likeness (QED) is 0.154. The Labute approximate surface area is 424 Å². The molecule has 0 saturated carbocycles. The van der Waals surface area contributed by atoms with Gasteiger partial charge in [-0.3, -0.25) is 0 Å². The van der Waals surface area contributed by atoms with Gasteiger partial charge in [0.05, 0.1) is 10.8 Å². The van der Waals surface area contributed by atoms with Crippen molar-refractivity contribution in [2.75, 3.05) is 4.90 Å². The molecule has 72 heavy (non-hydrogen) atoms. The number of nitrogens with zero attached hydrogens (tertiary/aromatic N) is 1. The van der Waals surface area contributed by atoms with Gasteiger partial charge in [0.15, 0.2) is 0 Å². The van der Waals surface area contributed by atoms with Gasteiger partial charge in [0.1, 0.15) is 0 Å². The van der Waals surface area contributed by atoms with Crippen molar-refractivity contribution >= 4 is 38.5 Å². The predicted molar refractivity (Wildman–Crippen MR) is 301 cm³/mol. The minimum absolute atomic E-state index is 0.355. The third-order valence-electron chi connectivity index (χ3n) is 16.1. The highest BCUT2D eigenvalue weighted by atomic mass is 32.1. The number of rotatable bonds is 7. The normalized spacial score (nSPS) is 13.8. The fraction of sp³-hybridized carbons (Fsp3) is 0.0286. The molecule has 1 aromatic heterocycles. The molecule has 0 N–H and O–H groups in total. The summed E-state index contributed by atoms with van der Waals surface area (Å²) in [6.45, 7) is 0. The van der Waals surface area contributed by atoms with Crippen molar-refractivity contribution in [1.82, 2.24) is 0 Å². The third kappa shape index (κ3) is 5.76. The van der Waals surface area contributed by atoms with Gasteiger partial charge in [-0.15, -0.1) is 11.3 Å². The van der Waals surface area contributed by atoms with Gasteiger partial charge in [-0.05, 0) is 172 Å². The minimum atomic E-state index is -0.467. The Kier molecular flexibility index (Phi) is 9.03. The Balaban J connectivity index is 0.869. The molecule has 15 rings (SSSR count). The Morgan fingerprint density at radius 1 is 0.264 bits per heavy atom. The van der Waals surface area contributed by atoms with Gasteiger partial charge in [-0.25, -0.2) is 0 Å². The molecule has 0 bridgehead atoms. The lowest BCUT2D eigenvalue weighted by Gasteiger charge is -2.34. The van der Waals surface area contributed by atoms with Crippen molar-refractivity contribution < 1.29 is 0 Å². The summed E-state index contributed by atoms with van der Waals surface area (Å²) < 4.78 is 1.31. The van der Waals surface area contributed by atoms with Crippen molar-refractivity contribution in [2.45, 2.75) is 10.8 Å². The molecule has 0 fully saturated rings. The number of fused-ring (bicyclic) bond motifs is 14. The van der Waals surface area contributed by atoms with E-state index in [1.807, 2.05) is 0 Å². The van der Waals surface area contributed by atoms with Crippen molar-refractivity contribution in [3.05, 3.63) is 317 Å². The van der Waals surface area contributed by atoms with Crippen LogP contribution in [0.1, 0.15) is 44.5 Å². The molecule has 336 valence electrons. The summed E-state index contributed by atoms with van der Waals surface area (Å²) in [4.78, 5) is 2.43. The number of benzene rings is 11. The van der Waals surface area contributed by atoms with Gasteiger partial charge < -0.3 is 4.90 Å². The van der Waals surface area contributed by atoms with Crippen LogP contribution in [0.4, 0.5) is 17.1 Å². The van der Waals surface area contributed by atoms with Crippen LogP contribution in [0.3, 0.4) is 0 Å². The molecule has 0 amide bonds. The second-order valence-electron chi connectivity index (χ2n) is 19.5. The predicted octanol–water partition coefficient (Wildman–Crippen LogP) is 18.4. The number of hydrogen-bond donors (Lipinski definition) is 0. The van der Waals surface area contributed by atoms with Crippen molar-refractivity contribution in [3.8, 4) is 55.6 Å². The number of hydrogen-bond acceptors (Lipinski definition) is 2. The Bertz CT molecular complexity index is 4000. The number of anilines is 3. The van der Waals surface area contributed by atoms with E-state index in [-0.39, 0.29) is 5.41 Å². The lowest BCUT2D eigenvalue weighted by atomic mass is 9.68. The molecule has 1 nitrogen and oxygen atoms in total. The van der Waals surface area contributed by atoms with E-state index in [0.717, 1.165) is 17.1 Å². The molecule has 0 saturated heterocycles. The maximum atomic E-state index is 2.44. The average Bonchev–Trinajstić information content (AvgIpc) is 4.21. The molecule has 0 radical (unpaired) electrons. The van der Waals surface area contributed by atoms with E-state index in [9.17, 15) is 0 Å². The first kappa shape index (κ1) is 41.0. The molecule has 11 aromatic carbocycles. The van der Waals surface area contributed by atoms with E-state index in [2.05, 4.69) is 277 Å². The Morgan fingerprint density at radius 2 is 0.653 bits per heavy atom. The highest BCUT2D eigenvalue weighted by Crippen LogP contribution is 2.63. The summed E-state index contributed by atoms with van der Waals surface area (Å²) in [7, 11) is 0.